The first-order chi connectivity index (χ1) is 7.79. The Morgan fingerprint density at radius 2 is 1.65 bits per heavy atom. The summed E-state index contributed by atoms with van der Waals surface area (Å²) >= 11 is 0. The van der Waals surface area contributed by atoms with Crippen LogP contribution < -0.4 is 5.73 Å². The summed E-state index contributed by atoms with van der Waals surface area (Å²) in [6, 6.07) is 4.14. The van der Waals surface area contributed by atoms with Gasteiger partial charge in [0.25, 0.3) is 0 Å². The smallest absolute Gasteiger partial charge is 0.169 e. The van der Waals surface area contributed by atoms with Crippen LogP contribution in [0, 0.1) is 26.2 Å². The normalized spacial score (nSPS) is 11.6. The zero-order chi connectivity index (χ0) is 13.2. The molecular weight excluding hydrogens is 210 g/mol. The molecule has 0 saturated heterocycles. The van der Waals surface area contributed by atoms with E-state index in [4.69, 9.17) is 5.73 Å². The molecule has 0 amide bonds. The first kappa shape index (κ1) is 13.9. The van der Waals surface area contributed by atoms with Gasteiger partial charge in [-0.2, -0.15) is 0 Å². The van der Waals surface area contributed by atoms with E-state index in [1.165, 1.54) is 5.56 Å². The Balaban J connectivity index is 3.21. The van der Waals surface area contributed by atoms with Crippen LogP contribution in [0.2, 0.25) is 0 Å². The fourth-order valence-electron chi connectivity index (χ4n) is 2.35. The first-order valence-corrected chi connectivity index (χ1v) is 6.12. The number of aryl methyl sites for hydroxylation is 3. The Morgan fingerprint density at radius 1 is 1.18 bits per heavy atom. The van der Waals surface area contributed by atoms with E-state index in [-0.39, 0.29) is 11.2 Å². The van der Waals surface area contributed by atoms with Crippen molar-refractivity contribution in [3.05, 3.63) is 34.4 Å². The van der Waals surface area contributed by atoms with Gasteiger partial charge < -0.3 is 5.73 Å². The highest BCUT2D eigenvalue weighted by molar-refractivity contribution is 6.02. The van der Waals surface area contributed by atoms with Gasteiger partial charge in [-0.15, -0.1) is 0 Å². The van der Waals surface area contributed by atoms with Gasteiger partial charge in [0.1, 0.15) is 0 Å². The van der Waals surface area contributed by atoms with Crippen LogP contribution in [0.5, 0.6) is 0 Å². The number of ketones is 1. The number of benzene rings is 1. The molecule has 2 nitrogen and oxygen atoms in total. The van der Waals surface area contributed by atoms with Gasteiger partial charge in [0.15, 0.2) is 5.78 Å². The topological polar surface area (TPSA) is 43.1 Å². The van der Waals surface area contributed by atoms with Crippen molar-refractivity contribution in [1.29, 1.82) is 0 Å². The Morgan fingerprint density at radius 3 is 2.06 bits per heavy atom. The van der Waals surface area contributed by atoms with Crippen molar-refractivity contribution in [2.24, 2.45) is 11.1 Å². The van der Waals surface area contributed by atoms with Crippen LogP contribution in [0.25, 0.3) is 0 Å². The van der Waals surface area contributed by atoms with Crippen molar-refractivity contribution < 1.29 is 4.79 Å². The molecule has 17 heavy (non-hydrogen) atoms. The summed E-state index contributed by atoms with van der Waals surface area (Å²) in [6.45, 7) is 10.6. The second-order valence-corrected chi connectivity index (χ2v) is 5.53. The molecule has 94 valence electrons. The number of carbonyl (C=O) groups is 1. The van der Waals surface area contributed by atoms with Crippen LogP contribution in [-0.4, -0.2) is 12.3 Å². The standard InChI is InChI=1S/C15H23NO/c1-10-8-11(2)13(12(3)9-10)14(17)15(4,5)6-7-16/h8-9H,6-7,16H2,1-5H3. The Hall–Kier alpha value is -1.15. The largest absolute Gasteiger partial charge is 0.330 e. The van der Waals surface area contributed by atoms with Crippen LogP contribution >= 0.6 is 0 Å². The maximum absolute atomic E-state index is 12.6. The van der Waals surface area contributed by atoms with Gasteiger partial charge in [0, 0.05) is 11.0 Å². The lowest BCUT2D eigenvalue weighted by Gasteiger charge is -2.24. The highest BCUT2D eigenvalue weighted by Gasteiger charge is 2.29. The molecule has 2 N–H and O–H groups in total. The molecule has 0 spiro atoms. The summed E-state index contributed by atoms with van der Waals surface area (Å²) in [5.41, 5.74) is 9.41. The SMILES string of the molecule is Cc1cc(C)c(C(=O)C(C)(C)CCN)c(C)c1. The molecule has 0 unspecified atom stereocenters. The first-order valence-electron chi connectivity index (χ1n) is 6.12. The molecule has 0 aliphatic carbocycles. The average molecular weight is 233 g/mol. The van der Waals surface area contributed by atoms with E-state index in [9.17, 15) is 4.79 Å². The molecular formula is C15H23NO. The number of hydrogen-bond donors (Lipinski definition) is 1. The monoisotopic (exact) mass is 233 g/mol. The third-order valence-corrected chi connectivity index (χ3v) is 3.29. The number of hydrogen-bond acceptors (Lipinski definition) is 2. The molecule has 1 aromatic carbocycles. The minimum Gasteiger partial charge on any atom is -0.330 e. The van der Waals surface area contributed by atoms with E-state index in [1.807, 2.05) is 27.7 Å². The van der Waals surface area contributed by atoms with Gasteiger partial charge in [-0.3, -0.25) is 4.79 Å². The maximum atomic E-state index is 12.6. The van der Waals surface area contributed by atoms with Gasteiger partial charge in [0.05, 0.1) is 0 Å². The molecule has 0 bridgehead atoms. The Bertz CT molecular complexity index is 410. The zero-order valence-corrected chi connectivity index (χ0v) is 11.6. The Kier molecular flexibility index (Phi) is 4.10. The van der Waals surface area contributed by atoms with E-state index in [1.54, 1.807) is 0 Å². The van der Waals surface area contributed by atoms with Crippen molar-refractivity contribution >= 4 is 5.78 Å². The number of rotatable bonds is 4. The average Bonchev–Trinajstić information content (AvgIpc) is 2.15. The summed E-state index contributed by atoms with van der Waals surface area (Å²) in [6.07, 6.45) is 0.721. The van der Waals surface area contributed by atoms with E-state index in [0.29, 0.717) is 6.54 Å². The van der Waals surface area contributed by atoms with Crippen molar-refractivity contribution in [2.75, 3.05) is 6.54 Å². The maximum Gasteiger partial charge on any atom is 0.169 e. The molecule has 0 fully saturated rings. The van der Waals surface area contributed by atoms with Crippen LogP contribution in [0.15, 0.2) is 12.1 Å². The Labute approximate surface area is 104 Å². The molecule has 1 aromatic rings. The molecule has 0 atom stereocenters. The van der Waals surface area contributed by atoms with Crippen LogP contribution in [0.3, 0.4) is 0 Å². The predicted octanol–water partition coefficient (Wildman–Crippen LogP) is 3.17. The molecule has 0 aliphatic rings. The summed E-state index contributed by atoms with van der Waals surface area (Å²) in [4.78, 5) is 12.6. The highest BCUT2D eigenvalue weighted by atomic mass is 16.1. The number of carbonyl (C=O) groups excluding carboxylic acids is 1. The quantitative estimate of drug-likeness (QED) is 0.812. The molecule has 0 radical (unpaired) electrons. The van der Waals surface area contributed by atoms with E-state index in [0.717, 1.165) is 23.1 Å². The molecule has 0 heterocycles. The van der Waals surface area contributed by atoms with Crippen LogP contribution in [0.1, 0.15) is 47.3 Å². The molecule has 1 rings (SSSR count). The zero-order valence-electron chi connectivity index (χ0n) is 11.6. The van der Waals surface area contributed by atoms with Gasteiger partial charge in [-0.25, -0.2) is 0 Å². The minimum absolute atomic E-state index is 0.206. The van der Waals surface area contributed by atoms with Crippen molar-refractivity contribution in [3.8, 4) is 0 Å². The van der Waals surface area contributed by atoms with E-state index < -0.39 is 0 Å². The second kappa shape index (κ2) is 5.01. The summed E-state index contributed by atoms with van der Waals surface area (Å²) in [5.74, 6) is 0.206. The molecule has 0 aromatic heterocycles. The van der Waals surface area contributed by atoms with Gasteiger partial charge >= 0.3 is 0 Å². The van der Waals surface area contributed by atoms with Gasteiger partial charge in [-0.05, 0) is 44.9 Å². The van der Waals surface area contributed by atoms with Crippen molar-refractivity contribution in [3.63, 3.8) is 0 Å². The minimum atomic E-state index is -0.375. The van der Waals surface area contributed by atoms with Crippen LogP contribution in [-0.2, 0) is 0 Å². The van der Waals surface area contributed by atoms with Gasteiger partial charge in [0.2, 0.25) is 0 Å². The second-order valence-electron chi connectivity index (χ2n) is 5.53. The lowest BCUT2D eigenvalue weighted by atomic mass is 9.78. The molecule has 2 heteroatoms. The van der Waals surface area contributed by atoms with E-state index >= 15 is 0 Å². The lowest BCUT2D eigenvalue weighted by molar-refractivity contribution is 0.0828. The third kappa shape index (κ3) is 2.95. The van der Waals surface area contributed by atoms with Crippen molar-refractivity contribution in [1.82, 2.24) is 0 Å². The highest BCUT2D eigenvalue weighted by Crippen LogP contribution is 2.29. The number of Topliss-reactive ketones (excluding diaryl/α,β-unsaturated/α-hetero) is 1. The fraction of sp³-hybridized carbons (Fsp3) is 0.533. The van der Waals surface area contributed by atoms with Gasteiger partial charge in [-0.1, -0.05) is 31.5 Å². The predicted molar refractivity (Wildman–Crippen MR) is 72.4 cm³/mol. The summed E-state index contributed by atoms with van der Waals surface area (Å²) in [5, 5.41) is 0. The summed E-state index contributed by atoms with van der Waals surface area (Å²) < 4.78 is 0. The number of nitrogens with two attached hydrogens (primary N) is 1. The third-order valence-electron chi connectivity index (χ3n) is 3.29. The molecule has 0 saturated carbocycles. The summed E-state index contributed by atoms with van der Waals surface area (Å²) in [7, 11) is 0. The lowest BCUT2D eigenvalue weighted by Crippen LogP contribution is -2.28. The fourth-order valence-corrected chi connectivity index (χ4v) is 2.35. The molecule has 0 aliphatic heterocycles. The van der Waals surface area contributed by atoms with E-state index in [2.05, 4.69) is 19.1 Å². The van der Waals surface area contributed by atoms with Crippen molar-refractivity contribution in [2.45, 2.75) is 41.0 Å². The van der Waals surface area contributed by atoms with Crippen LogP contribution in [0.4, 0.5) is 0 Å².